The van der Waals surface area contributed by atoms with E-state index in [0.29, 0.717) is 23.6 Å². The molecule has 0 saturated carbocycles. The van der Waals surface area contributed by atoms with Gasteiger partial charge in [-0.3, -0.25) is 4.79 Å². The molecule has 0 amide bonds. The number of rotatable bonds is 5. The van der Waals surface area contributed by atoms with E-state index in [4.69, 9.17) is 9.47 Å². The Bertz CT molecular complexity index is 911. The number of benzene rings is 1. The van der Waals surface area contributed by atoms with Gasteiger partial charge in [0.2, 0.25) is 0 Å². The Morgan fingerprint density at radius 3 is 2.52 bits per heavy atom. The third-order valence-electron chi connectivity index (χ3n) is 3.88. The van der Waals surface area contributed by atoms with Gasteiger partial charge in [0.1, 0.15) is 5.52 Å². The predicted octanol–water partition coefficient (Wildman–Crippen LogP) is 1.46. The minimum absolute atomic E-state index is 0.126. The molecule has 2 aromatic heterocycles. The molecule has 122 valence electrons. The normalized spacial score (nSPS) is 11.5. The summed E-state index contributed by atoms with van der Waals surface area (Å²) in [5.74, 6) is 1.24. The van der Waals surface area contributed by atoms with Crippen molar-refractivity contribution in [3.05, 3.63) is 28.7 Å². The molecule has 7 heteroatoms. The zero-order chi connectivity index (χ0) is 16.6. The van der Waals surface area contributed by atoms with Crippen LogP contribution >= 0.6 is 0 Å². The lowest BCUT2D eigenvalue weighted by Gasteiger charge is -2.10. The standard InChI is InChI=1S/C16H20N4O3/c1-19(2)5-6-20-16(21)15-11(9-17-20)10-7-13(22-3)14(23-4)8-12(10)18-15/h7-9,18H,5-6H2,1-4H3. The number of aromatic nitrogens is 3. The number of nitrogens with zero attached hydrogens (tertiary/aromatic N) is 3. The summed E-state index contributed by atoms with van der Waals surface area (Å²) in [4.78, 5) is 17.8. The highest BCUT2D eigenvalue weighted by molar-refractivity contribution is 6.07. The fourth-order valence-corrected chi connectivity index (χ4v) is 2.61. The number of H-pyrrole nitrogens is 1. The van der Waals surface area contributed by atoms with E-state index in [1.165, 1.54) is 4.68 Å². The van der Waals surface area contributed by atoms with Crippen LogP contribution in [-0.4, -0.2) is 54.5 Å². The molecule has 0 aliphatic heterocycles. The Balaban J connectivity index is 2.19. The fourth-order valence-electron chi connectivity index (χ4n) is 2.61. The van der Waals surface area contributed by atoms with Gasteiger partial charge in [0, 0.05) is 23.4 Å². The fraction of sp³-hybridized carbons (Fsp3) is 0.375. The van der Waals surface area contributed by atoms with Crippen LogP contribution in [-0.2, 0) is 6.54 Å². The van der Waals surface area contributed by atoms with Crippen LogP contribution in [0.25, 0.3) is 21.8 Å². The second-order valence-corrected chi connectivity index (χ2v) is 5.64. The molecule has 1 N–H and O–H groups in total. The van der Waals surface area contributed by atoms with E-state index in [9.17, 15) is 4.79 Å². The van der Waals surface area contributed by atoms with Crippen LogP contribution in [0.4, 0.5) is 0 Å². The van der Waals surface area contributed by atoms with Gasteiger partial charge >= 0.3 is 0 Å². The van der Waals surface area contributed by atoms with Crippen molar-refractivity contribution < 1.29 is 9.47 Å². The van der Waals surface area contributed by atoms with Crippen LogP contribution in [0.2, 0.25) is 0 Å². The molecule has 3 aromatic rings. The summed E-state index contributed by atoms with van der Waals surface area (Å²) in [6.45, 7) is 1.30. The molecule has 0 unspecified atom stereocenters. The number of hydrogen-bond donors (Lipinski definition) is 1. The topological polar surface area (TPSA) is 72.4 Å². The highest BCUT2D eigenvalue weighted by Crippen LogP contribution is 2.34. The summed E-state index contributed by atoms with van der Waals surface area (Å²) >= 11 is 0. The summed E-state index contributed by atoms with van der Waals surface area (Å²) < 4.78 is 12.1. The zero-order valence-electron chi connectivity index (χ0n) is 13.7. The average Bonchev–Trinajstić information content (AvgIpc) is 2.91. The lowest BCUT2D eigenvalue weighted by atomic mass is 10.2. The van der Waals surface area contributed by atoms with Crippen LogP contribution in [0, 0.1) is 0 Å². The van der Waals surface area contributed by atoms with Gasteiger partial charge in [-0.1, -0.05) is 0 Å². The first-order chi connectivity index (χ1) is 11.0. The van der Waals surface area contributed by atoms with Crippen molar-refractivity contribution in [1.29, 1.82) is 0 Å². The molecule has 1 aromatic carbocycles. The quantitative estimate of drug-likeness (QED) is 0.771. The van der Waals surface area contributed by atoms with Gasteiger partial charge < -0.3 is 19.4 Å². The van der Waals surface area contributed by atoms with Gasteiger partial charge in [-0.2, -0.15) is 5.10 Å². The molecule has 0 spiro atoms. The molecule has 0 saturated heterocycles. The van der Waals surface area contributed by atoms with E-state index in [0.717, 1.165) is 22.8 Å². The van der Waals surface area contributed by atoms with Crippen molar-refractivity contribution in [2.45, 2.75) is 6.54 Å². The lowest BCUT2D eigenvalue weighted by molar-refractivity contribution is 0.356. The molecule has 0 fully saturated rings. The van der Waals surface area contributed by atoms with E-state index in [-0.39, 0.29) is 5.56 Å². The number of aromatic amines is 1. The van der Waals surface area contributed by atoms with Gasteiger partial charge in [0.05, 0.1) is 32.5 Å². The molecular formula is C16H20N4O3. The van der Waals surface area contributed by atoms with Crippen molar-refractivity contribution in [2.75, 3.05) is 34.9 Å². The van der Waals surface area contributed by atoms with E-state index in [2.05, 4.69) is 10.1 Å². The first kappa shape index (κ1) is 15.4. The second kappa shape index (κ2) is 5.92. The van der Waals surface area contributed by atoms with Crippen molar-refractivity contribution in [2.24, 2.45) is 0 Å². The average molecular weight is 316 g/mol. The minimum Gasteiger partial charge on any atom is -0.493 e. The lowest BCUT2D eigenvalue weighted by Crippen LogP contribution is -2.28. The first-order valence-corrected chi connectivity index (χ1v) is 7.33. The Labute approximate surface area is 133 Å². The van der Waals surface area contributed by atoms with E-state index in [1.54, 1.807) is 20.4 Å². The summed E-state index contributed by atoms with van der Waals surface area (Å²) in [5, 5.41) is 5.96. The second-order valence-electron chi connectivity index (χ2n) is 5.64. The summed E-state index contributed by atoms with van der Waals surface area (Å²) in [6, 6.07) is 3.69. The third kappa shape index (κ3) is 2.63. The number of nitrogens with one attached hydrogen (secondary N) is 1. The van der Waals surface area contributed by atoms with E-state index < -0.39 is 0 Å². The van der Waals surface area contributed by atoms with Crippen LogP contribution in [0.1, 0.15) is 0 Å². The molecule has 2 heterocycles. The van der Waals surface area contributed by atoms with E-state index in [1.807, 2.05) is 31.1 Å². The van der Waals surface area contributed by atoms with Gasteiger partial charge in [-0.25, -0.2) is 4.68 Å². The molecule has 3 rings (SSSR count). The van der Waals surface area contributed by atoms with Gasteiger partial charge in [0.15, 0.2) is 11.5 Å². The minimum atomic E-state index is -0.126. The molecule has 0 bridgehead atoms. The molecule has 23 heavy (non-hydrogen) atoms. The summed E-state index contributed by atoms with van der Waals surface area (Å²) in [5.41, 5.74) is 1.24. The van der Waals surface area contributed by atoms with Gasteiger partial charge in [-0.05, 0) is 20.2 Å². The van der Waals surface area contributed by atoms with Crippen LogP contribution < -0.4 is 15.0 Å². The number of likely N-dealkylation sites (N-methyl/N-ethyl adjacent to an activating group) is 1. The number of ether oxygens (including phenoxy) is 2. The van der Waals surface area contributed by atoms with Gasteiger partial charge in [-0.15, -0.1) is 0 Å². The van der Waals surface area contributed by atoms with Crippen molar-refractivity contribution in [3.63, 3.8) is 0 Å². The highest BCUT2D eigenvalue weighted by Gasteiger charge is 2.14. The SMILES string of the molecule is COc1cc2[nH]c3c(=O)n(CCN(C)C)ncc3c2cc1OC. The number of fused-ring (bicyclic) bond motifs is 3. The molecule has 0 atom stereocenters. The van der Waals surface area contributed by atoms with Crippen LogP contribution in [0.5, 0.6) is 11.5 Å². The maximum Gasteiger partial charge on any atom is 0.291 e. The number of hydrogen-bond acceptors (Lipinski definition) is 5. The van der Waals surface area contributed by atoms with Crippen molar-refractivity contribution >= 4 is 21.8 Å². The largest absolute Gasteiger partial charge is 0.493 e. The van der Waals surface area contributed by atoms with Crippen LogP contribution in [0.3, 0.4) is 0 Å². The Kier molecular flexibility index (Phi) is 3.96. The monoisotopic (exact) mass is 316 g/mol. The maximum absolute atomic E-state index is 12.6. The molecule has 0 aliphatic rings. The Morgan fingerprint density at radius 2 is 1.87 bits per heavy atom. The smallest absolute Gasteiger partial charge is 0.291 e. The molecule has 7 nitrogen and oxygen atoms in total. The molecule has 0 aliphatic carbocycles. The van der Waals surface area contributed by atoms with Crippen molar-refractivity contribution in [3.8, 4) is 11.5 Å². The van der Waals surface area contributed by atoms with Crippen LogP contribution in [0.15, 0.2) is 23.1 Å². The first-order valence-electron chi connectivity index (χ1n) is 7.33. The number of methoxy groups -OCH3 is 2. The van der Waals surface area contributed by atoms with Crippen molar-refractivity contribution in [1.82, 2.24) is 19.7 Å². The van der Waals surface area contributed by atoms with Gasteiger partial charge in [0.25, 0.3) is 5.56 Å². The molecule has 0 radical (unpaired) electrons. The zero-order valence-corrected chi connectivity index (χ0v) is 13.7. The summed E-state index contributed by atoms with van der Waals surface area (Å²) in [7, 11) is 7.10. The Hall–Kier alpha value is -2.54. The molecular weight excluding hydrogens is 296 g/mol. The Morgan fingerprint density at radius 1 is 1.17 bits per heavy atom. The summed E-state index contributed by atoms with van der Waals surface area (Å²) in [6.07, 6.45) is 1.72. The predicted molar refractivity (Wildman–Crippen MR) is 89.5 cm³/mol. The third-order valence-corrected chi connectivity index (χ3v) is 3.88. The maximum atomic E-state index is 12.6. The highest BCUT2D eigenvalue weighted by atomic mass is 16.5. The van der Waals surface area contributed by atoms with E-state index >= 15 is 0 Å².